The van der Waals surface area contributed by atoms with Crippen molar-refractivity contribution in [2.45, 2.75) is 6.92 Å². The number of aryl methyl sites for hydroxylation is 1. The number of rotatable bonds is 1. The second kappa shape index (κ2) is 4.10. The molecule has 0 aliphatic carbocycles. The Labute approximate surface area is 112 Å². The summed E-state index contributed by atoms with van der Waals surface area (Å²) in [5.41, 5.74) is 9.54. The normalized spacial score (nSPS) is 11.0. The van der Waals surface area contributed by atoms with Crippen molar-refractivity contribution in [1.29, 1.82) is 0 Å². The minimum absolute atomic E-state index is 0.506. The molecule has 0 amide bonds. The Hall–Kier alpha value is -1.88. The average molecular weight is 304 g/mol. The van der Waals surface area contributed by atoms with E-state index in [0.717, 1.165) is 21.1 Å². The van der Waals surface area contributed by atoms with Gasteiger partial charge in [-0.2, -0.15) is 0 Å². The second-order valence-corrected chi connectivity index (χ2v) is 4.98. The molecule has 18 heavy (non-hydrogen) atoms. The summed E-state index contributed by atoms with van der Waals surface area (Å²) in [5, 5.41) is 0. The largest absolute Gasteiger partial charge is 0.434 e. The van der Waals surface area contributed by atoms with Crippen molar-refractivity contribution in [3.63, 3.8) is 0 Å². The lowest BCUT2D eigenvalue weighted by Gasteiger charge is -1.95. The van der Waals surface area contributed by atoms with Crippen LogP contribution in [0, 0.1) is 6.92 Å². The van der Waals surface area contributed by atoms with Gasteiger partial charge in [-0.15, -0.1) is 0 Å². The number of halogens is 1. The number of nitrogens with two attached hydrogens (primary N) is 1. The smallest absolute Gasteiger partial charge is 0.246 e. The first-order valence-electron chi connectivity index (χ1n) is 5.42. The van der Waals surface area contributed by atoms with Crippen LogP contribution in [0.3, 0.4) is 0 Å². The third-order valence-electron chi connectivity index (χ3n) is 2.65. The zero-order valence-electron chi connectivity index (χ0n) is 9.64. The van der Waals surface area contributed by atoms with Crippen LogP contribution in [-0.4, -0.2) is 9.97 Å². The molecule has 90 valence electrons. The summed E-state index contributed by atoms with van der Waals surface area (Å²) in [6, 6.07) is 7.49. The van der Waals surface area contributed by atoms with Gasteiger partial charge in [-0.1, -0.05) is 15.9 Å². The average Bonchev–Trinajstić information content (AvgIpc) is 2.74. The fourth-order valence-corrected chi connectivity index (χ4v) is 2.36. The molecule has 0 saturated heterocycles. The molecule has 2 N–H and O–H groups in total. The van der Waals surface area contributed by atoms with E-state index in [1.54, 1.807) is 18.3 Å². The first-order valence-corrected chi connectivity index (χ1v) is 6.21. The van der Waals surface area contributed by atoms with Gasteiger partial charge in [0.2, 0.25) is 5.89 Å². The van der Waals surface area contributed by atoms with Crippen LogP contribution in [0.2, 0.25) is 0 Å². The summed E-state index contributed by atoms with van der Waals surface area (Å²) >= 11 is 3.44. The monoisotopic (exact) mass is 303 g/mol. The van der Waals surface area contributed by atoms with Gasteiger partial charge in [-0.3, -0.25) is 0 Å². The molecule has 3 rings (SSSR count). The Morgan fingerprint density at radius 1 is 1.28 bits per heavy atom. The Bertz CT molecular complexity index is 719. The van der Waals surface area contributed by atoms with E-state index >= 15 is 0 Å². The van der Waals surface area contributed by atoms with Gasteiger partial charge in [0, 0.05) is 4.47 Å². The van der Waals surface area contributed by atoms with E-state index in [9.17, 15) is 0 Å². The van der Waals surface area contributed by atoms with Crippen LogP contribution in [-0.2, 0) is 0 Å². The lowest BCUT2D eigenvalue weighted by molar-refractivity contribution is 0.614. The van der Waals surface area contributed by atoms with E-state index < -0.39 is 0 Å². The number of nitrogens with zero attached hydrogens (tertiary/aromatic N) is 2. The summed E-state index contributed by atoms with van der Waals surface area (Å²) in [6.07, 6.45) is 1.59. The van der Waals surface area contributed by atoms with Crippen molar-refractivity contribution in [2.24, 2.45) is 0 Å². The molecule has 0 aliphatic rings. The number of nitrogen functional groups attached to an aromatic ring is 1. The summed E-state index contributed by atoms with van der Waals surface area (Å²) in [6.45, 7) is 1.98. The van der Waals surface area contributed by atoms with Gasteiger partial charge in [0.25, 0.3) is 0 Å². The SMILES string of the molecule is Cc1cc(Br)cc2nc(-c3ccc(N)cn3)oc12. The van der Waals surface area contributed by atoms with E-state index in [1.807, 2.05) is 19.1 Å². The topological polar surface area (TPSA) is 64.9 Å². The van der Waals surface area contributed by atoms with Gasteiger partial charge in [-0.25, -0.2) is 9.97 Å². The number of hydrogen-bond acceptors (Lipinski definition) is 4. The maximum Gasteiger partial charge on any atom is 0.246 e. The van der Waals surface area contributed by atoms with E-state index in [0.29, 0.717) is 17.3 Å². The number of oxazole rings is 1. The molecule has 2 aromatic heterocycles. The number of fused-ring (bicyclic) bond motifs is 1. The van der Waals surface area contributed by atoms with Gasteiger partial charge in [0.15, 0.2) is 5.58 Å². The van der Waals surface area contributed by atoms with Crippen molar-refractivity contribution in [3.8, 4) is 11.6 Å². The Morgan fingerprint density at radius 2 is 2.11 bits per heavy atom. The van der Waals surface area contributed by atoms with Crippen LogP contribution in [0.15, 0.2) is 39.4 Å². The number of aromatic nitrogens is 2. The molecular formula is C13H10BrN3O. The summed E-state index contributed by atoms with van der Waals surface area (Å²) in [4.78, 5) is 8.64. The van der Waals surface area contributed by atoms with Crippen LogP contribution in [0.4, 0.5) is 5.69 Å². The molecule has 0 spiro atoms. The summed E-state index contributed by atoms with van der Waals surface area (Å²) < 4.78 is 6.73. The molecule has 0 bridgehead atoms. The molecular weight excluding hydrogens is 294 g/mol. The standard InChI is InChI=1S/C13H10BrN3O/c1-7-4-8(14)5-11-12(7)18-13(17-11)10-3-2-9(15)6-16-10/h2-6H,15H2,1H3. The third kappa shape index (κ3) is 1.86. The summed E-state index contributed by atoms with van der Waals surface area (Å²) in [7, 11) is 0. The highest BCUT2D eigenvalue weighted by Gasteiger charge is 2.11. The minimum atomic E-state index is 0.506. The molecule has 5 heteroatoms. The van der Waals surface area contributed by atoms with Crippen molar-refractivity contribution in [1.82, 2.24) is 9.97 Å². The van der Waals surface area contributed by atoms with Crippen molar-refractivity contribution < 1.29 is 4.42 Å². The molecule has 0 aliphatic heterocycles. The van der Waals surface area contributed by atoms with Gasteiger partial charge in [0.1, 0.15) is 11.2 Å². The van der Waals surface area contributed by atoms with Crippen LogP contribution in [0.25, 0.3) is 22.7 Å². The molecule has 0 unspecified atom stereocenters. The minimum Gasteiger partial charge on any atom is -0.434 e. The molecule has 4 nitrogen and oxygen atoms in total. The van der Waals surface area contributed by atoms with E-state index in [4.69, 9.17) is 10.2 Å². The van der Waals surface area contributed by atoms with Crippen LogP contribution in [0.5, 0.6) is 0 Å². The molecule has 1 aromatic carbocycles. The zero-order valence-corrected chi connectivity index (χ0v) is 11.2. The van der Waals surface area contributed by atoms with Gasteiger partial charge in [-0.05, 0) is 36.8 Å². The number of pyridine rings is 1. The first kappa shape index (κ1) is 11.2. The van der Waals surface area contributed by atoms with E-state index in [1.165, 1.54) is 0 Å². The van der Waals surface area contributed by atoms with Crippen molar-refractivity contribution in [3.05, 3.63) is 40.5 Å². The first-order chi connectivity index (χ1) is 8.63. The zero-order chi connectivity index (χ0) is 12.7. The molecule has 0 atom stereocenters. The lowest BCUT2D eigenvalue weighted by atomic mass is 10.2. The van der Waals surface area contributed by atoms with E-state index in [2.05, 4.69) is 25.9 Å². The quantitative estimate of drug-likeness (QED) is 0.746. The number of benzene rings is 1. The molecule has 3 aromatic rings. The number of hydrogen-bond donors (Lipinski definition) is 1. The highest BCUT2D eigenvalue weighted by atomic mass is 79.9. The van der Waals surface area contributed by atoms with Gasteiger partial charge >= 0.3 is 0 Å². The highest BCUT2D eigenvalue weighted by molar-refractivity contribution is 9.10. The van der Waals surface area contributed by atoms with Gasteiger partial charge in [0.05, 0.1) is 11.9 Å². The second-order valence-electron chi connectivity index (χ2n) is 4.07. The molecule has 2 heterocycles. The third-order valence-corrected chi connectivity index (χ3v) is 3.10. The lowest BCUT2D eigenvalue weighted by Crippen LogP contribution is -1.87. The summed E-state index contributed by atoms with van der Waals surface area (Å²) in [5.74, 6) is 0.506. The molecule has 0 radical (unpaired) electrons. The number of anilines is 1. The van der Waals surface area contributed by atoms with Crippen LogP contribution in [0.1, 0.15) is 5.56 Å². The fourth-order valence-electron chi connectivity index (χ4n) is 1.80. The fraction of sp³-hybridized carbons (Fsp3) is 0.0769. The maximum absolute atomic E-state index is 5.74. The van der Waals surface area contributed by atoms with Crippen LogP contribution < -0.4 is 5.73 Å². The molecule has 0 fully saturated rings. The van der Waals surface area contributed by atoms with Crippen molar-refractivity contribution >= 4 is 32.7 Å². The molecule has 0 saturated carbocycles. The Morgan fingerprint density at radius 3 is 2.83 bits per heavy atom. The van der Waals surface area contributed by atoms with Crippen molar-refractivity contribution in [2.75, 3.05) is 5.73 Å². The van der Waals surface area contributed by atoms with Gasteiger partial charge < -0.3 is 10.2 Å². The predicted molar refractivity (Wildman–Crippen MR) is 74.1 cm³/mol. The van der Waals surface area contributed by atoms with E-state index in [-0.39, 0.29) is 0 Å². The Kier molecular flexibility index (Phi) is 2.56. The highest BCUT2D eigenvalue weighted by Crippen LogP contribution is 2.28. The predicted octanol–water partition coefficient (Wildman–Crippen LogP) is 3.54. The van der Waals surface area contributed by atoms with Crippen LogP contribution >= 0.6 is 15.9 Å². The maximum atomic E-state index is 5.74. The Balaban J connectivity index is 2.19.